The molecule has 1 aromatic rings. The molecule has 1 aromatic heterocycles. The topological polar surface area (TPSA) is 61.7 Å². The number of hydrogen-bond donors (Lipinski definition) is 1. The molecule has 0 spiro atoms. The van der Waals surface area contributed by atoms with Gasteiger partial charge in [0.1, 0.15) is 12.1 Å². The van der Waals surface area contributed by atoms with Crippen molar-refractivity contribution < 1.29 is 9.84 Å². The average molecular weight is 332 g/mol. The number of aryl methyl sites for hydroxylation is 1. The van der Waals surface area contributed by atoms with Gasteiger partial charge >= 0.3 is 0 Å². The number of aliphatic hydroxyl groups is 1. The van der Waals surface area contributed by atoms with Gasteiger partial charge in [-0.15, -0.1) is 0 Å². The van der Waals surface area contributed by atoms with Crippen LogP contribution in [0.3, 0.4) is 0 Å². The Morgan fingerprint density at radius 1 is 1.12 bits per heavy atom. The van der Waals surface area contributed by atoms with Crippen molar-refractivity contribution in [3.05, 3.63) is 17.6 Å². The third-order valence-corrected chi connectivity index (χ3v) is 6.11. The fourth-order valence-corrected chi connectivity index (χ4v) is 4.56. The highest BCUT2D eigenvalue weighted by atomic mass is 16.5. The van der Waals surface area contributed by atoms with Gasteiger partial charge in [0.25, 0.3) is 0 Å². The summed E-state index contributed by atoms with van der Waals surface area (Å²) in [7, 11) is 0. The van der Waals surface area contributed by atoms with Crippen LogP contribution in [0.4, 0.5) is 5.82 Å². The Labute approximate surface area is 143 Å². The van der Waals surface area contributed by atoms with E-state index in [2.05, 4.69) is 26.7 Å². The highest BCUT2D eigenvalue weighted by Gasteiger charge is 2.43. The maximum absolute atomic E-state index is 10.7. The van der Waals surface area contributed by atoms with Crippen molar-refractivity contribution in [1.29, 1.82) is 0 Å². The van der Waals surface area contributed by atoms with Gasteiger partial charge in [-0.2, -0.15) is 0 Å². The molecule has 0 bridgehead atoms. The Kier molecular flexibility index (Phi) is 4.22. The Morgan fingerprint density at radius 2 is 1.79 bits per heavy atom. The van der Waals surface area contributed by atoms with E-state index in [-0.39, 0.29) is 0 Å². The van der Waals surface area contributed by atoms with Crippen molar-refractivity contribution >= 4 is 5.82 Å². The van der Waals surface area contributed by atoms with Gasteiger partial charge in [-0.1, -0.05) is 0 Å². The molecule has 6 nitrogen and oxygen atoms in total. The molecular weight excluding hydrogens is 304 g/mol. The molecule has 2 unspecified atom stereocenters. The normalized spacial score (nSPS) is 29.9. The monoisotopic (exact) mass is 332 g/mol. The number of nitrogens with zero attached hydrogens (tertiary/aromatic N) is 4. The quantitative estimate of drug-likeness (QED) is 0.891. The minimum Gasteiger partial charge on any atom is -0.388 e. The van der Waals surface area contributed by atoms with Crippen molar-refractivity contribution in [3.8, 4) is 0 Å². The molecule has 4 rings (SSSR count). The summed E-state index contributed by atoms with van der Waals surface area (Å²) in [6.07, 6.45) is 3.22. The highest BCUT2D eigenvalue weighted by Crippen LogP contribution is 2.35. The van der Waals surface area contributed by atoms with Crippen molar-refractivity contribution in [3.63, 3.8) is 0 Å². The molecule has 132 valence electrons. The zero-order chi connectivity index (χ0) is 16.7. The van der Waals surface area contributed by atoms with Crippen molar-refractivity contribution in [1.82, 2.24) is 14.9 Å². The van der Waals surface area contributed by atoms with Crippen LogP contribution in [-0.2, 0) is 4.74 Å². The van der Waals surface area contributed by atoms with Gasteiger partial charge in [-0.25, -0.2) is 9.97 Å². The van der Waals surface area contributed by atoms with Crippen LogP contribution in [0.25, 0.3) is 0 Å². The summed E-state index contributed by atoms with van der Waals surface area (Å²) in [6, 6.07) is 0. The van der Waals surface area contributed by atoms with E-state index in [1.54, 1.807) is 6.33 Å². The van der Waals surface area contributed by atoms with Crippen LogP contribution in [0.15, 0.2) is 6.33 Å². The maximum atomic E-state index is 10.7. The lowest BCUT2D eigenvalue weighted by Crippen LogP contribution is -2.46. The van der Waals surface area contributed by atoms with E-state index < -0.39 is 5.60 Å². The molecule has 0 saturated carbocycles. The summed E-state index contributed by atoms with van der Waals surface area (Å²) in [5, 5.41) is 10.7. The molecule has 1 N–H and O–H groups in total. The standard InChI is InChI=1S/C18H28N4O2/c1-13-14(2)19-12-20-17(13)22-9-15-7-21(8-16(15)10-22)11-18(23)3-5-24-6-4-18/h12,15-16,23H,3-11H2,1-2H3. The van der Waals surface area contributed by atoms with Crippen LogP contribution in [0, 0.1) is 25.7 Å². The predicted molar refractivity (Wildman–Crippen MR) is 92.1 cm³/mol. The van der Waals surface area contributed by atoms with Crippen molar-refractivity contribution in [2.75, 3.05) is 50.8 Å². The number of β-amino-alcohol motifs (C(OH)–C–C–N with tert-alkyl or cyclic N) is 1. The number of ether oxygens (including phenoxy) is 1. The summed E-state index contributed by atoms with van der Waals surface area (Å²) < 4.78 is 5.39. The third kappa shape index (κ3) is 3.03. The van der Waals surface area contributed by atoms with E-state index in [0.717, 1.165) is 57.1 Å². The van der Waals surface area contributed by atoms with Gasteiger partial charge in [0.2, 0.25) is 0 Å². The zero-order valence-electron chi connectivity index (χ0n) is 14.7. The number of aromatic nitrogens is 2. The molecule has 6 heteroatoms. The van der Waals surface area contributed by atoms with Gasteiger partial charge in [0.15, 0.2) is 0 Å². The lowest BCUT2D eigenvalue weighted by atomic mass is 9.94. The lowest BCUT2D eigenvalue weighted by Gasteiger charge is -2.36. The molecule has 0 radical (unpaired) electrons. The van der Waals surface area contributed by atoms with Crippen molar-refractivity contribution in [2.45, 2.75) is 32.3 Å². The van der Waals surface area contributed by atoms with Gasteiger partial charge in [0, 0.05) is 70.0 Å². The largest absolute Gasteiger partial charge is 0.388 e. The van der Waals surface area contributed by atoms with Gasteiger partial charge in [-0.3, -0.25) is 4.90 Å². The third-order valence-electron chi connectivity index (χ3n) is 6.11. The number of fused-ring (bicyclic) bond motifs is 1. The Balaban J connectivity index is 1.37. The van der Waals surface area contributed by atoms with Crippen LogP contribution in [-0.4, -0.2) is 71.5 Å². The minimum absolute atomic E-state index is 0.545. The number of hydrogen-bond acceptors (Lipinski definition) is 6. The number of likely N-dealkylation sites (tertiary alicyclic amines) is 1. The molecule has 0 amide bonds. The molecule has 3 aliphatic rings. The SMILES string of the molecule is Cc1ncnc(N2CC3CN(CC4(O)CCOCC4)CC3C2)c1C. The maximum Gasteiger partial charge on any atom is 0.135 e. The highest BCUT2D eigenvalue weighted by molar-refractivity contribution is 5.48. The summed E-state index contributed by atoms with van der Waals surface area (Å²) >= 11 is 0. The minimum atomic E-state index is -0.545. The smallest absolute Gasteiger partial charge is 0.135 e. The first kappa shape index (κ1) is 16.2. The van der Waals surface area contributed by atoms with Crippen LogP contribution >= 0.6 is 0 Å². The summed E-state index contributed by atoms with van der Waals surface area (Å²) in [5.74, 6) is 2.47. The molecule has 0 aliphatic carbocycles. The first-order valence-electron chi connectivity index (χ1n) is 9.10. The predicted octanol–water partition coefficient (Wildman–Crippen LogP) is 1.00. The fourth-order valence-electron chi connectivity index (χ4n) is 4.56. The van der Waals surface area contributed by atoms with Gasteiger partial charge in [0.05, 0.1) is 5.60 Å². The summed E-state index contributed by atoms with van der Waals surface area (Å²) in [5.41, 5.74) is 1.72. The van der Waals surface area contributed by atoms with E-state index in [9.17, 15) is 5.11 Å². The van der Waals surface area contributed by atoms with E-state index in [1.807, 2.05) is 6.92 Å². The Morgan fingerprint density at radius 3 is 2.46 bits per heavy atom. The van der Waals surface area contributed by atoms with Crippen LogP contribution in [0.2, 0.25) is 0 Å². The van der Waals surface area contributed by atoms with Crippen LogP contribution < -0.4 is 4.90 Å². The Hall–Kier alpha value is -1.24. The second-order valence-corrected chi connectivity index (χ2v) is 7.86. The molecule has 3 fully saturated rings. The molecule has 24 heavy (non-hydrogen) atoms. The van der Waals surface area contributed by atoms with E-state index in [4.69, 9.17) is 4.74 Å². The first-order valence-corrected chi connectivity index (χ1v) is 9.10. The van der Waals surface area contributed by atoms with Crippen LogP contribution in [0.1, 0.15) is 24.1 Å². The second kappa shape index (κ2) is 6.24. The molecular formula is C18H28N4O2. The fraction of sp³-hybridized carbons (Fsp3) is 0.778. The number of rotatable bonds is 3. The van der Waals surface area contributed by atoms with E-state index in [1.165, 1.54) is 5.56 Å². The zero-order valence-corrected chi connectivity index (χ0v) is 14.7. The molecule has 3 saturated heterocycles. The average Bonchev–Trinajstić information content (AvgIpc) is 3.08. The van der Waals surface area contributed by atoms with Crippen LogP contribution in [0.5, 0.6) is 0 Å². The number of anilines is 1. The van der Waals surface area contributed by atoms with Gasteiger partial charge in [-0.05, 0) is 25.7 Å². The second-order valence-electron chi connectivity index (χ2n) is 7.86. The van der Waals surface area contributed by atoms with E-state index >= 15 is 0 Å². The lowest BCUT2D eigenvalue weighted by molar-refractivity contribution is -0.0778. The molecule has 2 atom stereocenters. The van der Waals surface area contributed by atoms with Gasteiger partial charge < -0.3 is 14.7 Å². The summed E-state index contributed by atoms with van der Waals surface area (Å²) in [4.78, 5) is 13.7. The van der Waals surface area contributed by atoms with Crippen molar-refractivity contribution in [2.24, 2.45) is 11.8 Å². The molecule has 0 aromatic carbocycles. The Bertz CT molecular complexity index is 589. The molecule has 3 aliphatic heterocycles. The van der Waals surface area contributed by atoms with E-state index in [0.29, 0.717) is 25.0 Å². The first-order chi connectivity index (χ1) is 11.5. The molecule has 4 heterocycles. The summed E-state index contributed by atoms with van der Waals surface area (Å²) in [6.45, 7) is 10.7.